The Morgan fingerprint density at radius 3 is 2.57 bits per heavy atom. The average Bonchev–Trinajstić information content (AvgIpc) is 3.27. The van der Waals surface area contributed by atoms with Crippen molar-refractivity contribution in [3.05, 3.63) is 63.6 Å². The molecule has 2 aliphatic rings. The van der Waals surface area contributed by atoms with Crippen LogP contribution in [-0.4, -0.2) is 41.9 Å². The van der Waals surface area contributed by atoms with Crippen molar-refractivity contribution >= 4 is 39.3 Å². The van der Waals surface area contributed by atoms with E-state index in [2.05, 4.69) is 21.2 Å². The Bertz CT molecular complexity index is 936. The molecule has 1 N–H and O–H groups in total. The van der Waals surface area contributed by atoms with E-state index >= 15 is 0 Å². The molecule has 1 unspecified atom stereocenters. The Morgan fingerprint density at radius 2 is 1.86 bits per heavy atom. The third-order valence-electron chi connectivity index (χ3n) is 4.94. The summed E-state index contributed by atoms with van der Waals surface area (Å²) in [5.74, 6) is -0.821. The van der Waals surface area contributed by atoms with Crippen molar-refractivity contribution in [2.24, 2.45) is 0 Å². The number of nitrogens with zero attached hydrogens (tertiary/aromatic N) is 1. The quantitative estimate of drug-likeness (QED) is 0.719. The van der Waals surface area contributed by atoms with E-state index in [4.69, 9.17) is 4.74 Å². The number of amides is 3. The zero-order valence-corrected chi connectivity index (χ0v) is 16.7. The summed E-state index contributed by atoms with van der Waals surface area (Å²) in [5, 5.41) is 2.80. The number of hydrogen-bond donors (Lipinski definition) is 1. The Kier molecular flexibility index (Phi) is 5.28. The first-order valence-electron chi connectivity index (χ1n) is 9.17. The van der Waals surface area contributed by atoms with Gasteiger partial charge in [-0.2, -0.15) is 0 Å². The highest BCUT2D eigenvalue weighted by molar-refractivity contribution is 9.10. The third-order valence-corrected chi connectivity index (χ3v) is 5.47. The number of anilines is 1. The molecule has 1 fully saturated rings. The summed E-state index contributed by atoms with van der Waals surface area (Å²) in [6, 6.07) is 12.3. The van der Waals surface area contributed by atoms with Crippen LogP contribution in [0.2, 0.25) is 0 Å². The van der Waals surface area contributed by atoms with Crippen molar-refractivity contribution in [1.82, 2.24) is 4.90 Å². The standard InChI is InChI=1S/C21H19BrN2O4/c22-14-5-3-13(4-6-14)10-19(25)23-15-7-8-17-18(11-15)21(27)24(20(17)26)12-16-2-1-9-28-16/h3-8,11,16H,1-2,9-10,12H2,(H,23,25). The zero-order chi connectivity index (χ0) is 19.7. The van der Waals surface area contributed by atoms with E-state index in [-0.39, 0.29) is 36.8 Å². The zero-order valence-electron chi connectivity index (χ0n) is 15.1. The minimum Gasteiger partial charge on any atom is -0.376 e. The smallest absolute Gasteiger partial charge is 0.261 e. The van der Waals surface area contributed by atoms with E-state index in [1.165, 1.54) is 4.90 Å². The van der Waals surface area contributed by atoms with Gasteiger partial charge in [0.05, 0.1) is 30.2 Å². The van der Waals surface area contributed by atoms with Crippen molar-refractivity contribution in [2.75, 3.05) is 18.5 Å². The molecule has 28 heavy (non-hydrogen) atoms. The van der Waals surface area contributed by atoms with Crippen LogP contribution in [0.25, 0.3) is 0 Å². The third kappa shape index (κ3) is 3.86. The van der Waals surface area contributed by atoms with Crippen LogP contribution in [-0.2, 0) is 16.0 Å². The van der Waals surface area contributed by atoms with E-state index < -0.39 is 0 Å². The van der Waals surface area contributed by atoms with Gasteiger partial charge in [-0.1, -0.05) is 28.1 Å². The molecule has 2 heterocycles. The Labute approximate surface area is 171 Å². The molecule has 6 nitrogen and oxygen atoms in total. The van der Waals surface area contributed by atoms with Crippen molar-refractivity contribution in [2.45, 2.75) is 25.4 Å². The van der Waals surface area contributed by atoms with Gasteiger partial charge in [0.15, 0.2) is 0 Å². The van der Waals surface area contributed by atoms with Crippen molar-refractivity contribution in [1.29, 1.82) is 0 Å². The van der Waals surface area contributed by atoms with Gasteiger partial charge in [-0.05, 0) is 48.7 Å². The average molecular weight is 443 g/mol. The molecule has 0 bridgehead atoms. The maximum Gasteiger partial charge on any atom is 0.261 e. The predicted molar refractivity (Wildman–Crippen MR) is 107 cm³/mol. The topological polar surface area (TPSA) is 75.7 Å². The van der Waals surface area contributed by atoms with Gasteiger partial charge in [0, 0.05) is 16.8 Å². The first-order valence-corrected chi connectivity index (χ1v) is 9.97. The van der Waals surface area contributed by atoms with Crippen LogP contribution >= 0.6 is 15.9 Å². The lowest BCUT2D eigenvalue weighted by molar-refractivity contribution is -0.115. The van der Waals surface area contributed by atoms with Gasteiger partial charge >= 0.3 is 0 Å². The Balaban J connectivity index is 1.45. The summed E-state index contributed by atoms with van der Waals surface area (Å²) in [5.41, 5.74) is 2.08. The van der Waals surface area contributed by atoms with Gasteiger partial charge < -0.3 is 10.1 Å². The number of imide groups is 1. The molecule has 0 spiro atoms. The lowest BCUT2D eigenvalue weighted by atomic mass is 10.1. The number of benzene rings is 2. The number of carbonyl (C=O) groups excluding carboxylic acids is 3. The largest absolute Gasteiger partial charge is 0.376 e. The van der Waals surface area contributed by atoms with E-state index in [1.807, 2.05) is 24.3 Å². The molecule has 0 saturated carbocycles. The number of nitrogens with one attached hydrogen (secondary N) is 1. The monoisotopic (exact) mass is 442 g/mol. The second kappa shape index (κ2) is 7.85. The molecule has 144 valence electrons. The van der Waals surface area contributed by atoms with Gasteiger partial charge in [0.2, 0.25) is 5.91 Å². The first-order chi connectivity index (χ1) is 13.5. The fraction of sp³-hybridized carbons (Fsp3) is 0.286. The number of ether oxygens (including phenoxy) is 1. The highest BCUT2D eigenvalue weighted by atomic mass is 79.9. The van der Waals surface area contributed by atoms with Gasteiger partial charge in [0.25, 0.3) is 11.8 Å². The lowest BCUT2D eigenvalue weighted by Gasteiger charge is -2.17. The van der Waals surface area contributed by atoms with Crippen molar-refractivity contribution in [3.63, 3.8) is 0 Å². The van der Waals surface area contributed by atoms with Gasteiger partial charge in [-0.3, -0.25) is 19.3 Å². The molecule has 2 aromatic carbocycles. The van der Waals surface area contributed by atoms with E-state index in [9.17, 15) is 14.4 Å². The summed E-state index contributed by atoms with van der Waals surface area (Å²) in [6.07, 6.45) is 1.93. The Morgan fingerprint density at radius 1 is 1.11 bits per heavy atom. The van der Waals surface area contributed by atoms with Gasteiger partial charge in [-0.15, -0.1) is 0 Å². The Hall–Kier alpha value is -2.51. The fourth-order valence-electron chi connectivity index (χ4n) is 3.52. The number of hydrogen-bond acceptors (Lipinski definition) is 4. The van der Waals surface area contributed by atoms with Crippen LogP contribution in [0, 0.1) is 0 Å². The molecule has 0 radical (unpaired) electrons. The van der Waals surface area contributed by atoms with E-state index in [0.29, 0.717) is 23.4 Å². The molecule has 7 heteroatoms. The SMILES string of the molecule is O=C(Cc1ccc(Br)cc1)Nc1ccc2c(c1)C(=O)N(CC1CCCO1)C2=O. The fourth-order valence-corrected chi connectivity index (χ4v) is 3.78. The molecule has 2 aliphatic heterocycles. The molecule has 0 aromatic heterocycles. The number of halogens is 1. The first kappa shape index (κ1) is 18.8. The van der Waals surface area contributed by atoms with Gasteiger partial charge in [-0.25, -0.2) is 0 Å². The summed E-state index contributed by atoms with van der Waals surface area (Å²) < 4.78 is 6.49. The summed E-state index contributed by atoms with van der Waals surface area (Å²) in [6.45, 7) is 0.944. The normalized spacial score (nSPS) is 18.5. The van der Waals surface area contributed by atoms with Crippen LogP contribution in [0.15, 0.2) is 46.9 Å². The number of rotatable bonds is 5. The maximum atomic E-state index is 12.7. The summed E-state index contributed by atoms with van der Waals surface area (Å²) >= 11 is 3.36. The highest BCUT2D eigenvalue weighted by Gasteiger charge is 2.37. The molecular weight excluding hydrogens is 424 g/mol. The molecule has 4 rings (SSSR count). The highest BCUT2D eigenvalue weighted by Crippen LogP contribution is 2.27. The molecule has 1 atom stereocenters. The van der Waals surface area contributed by atoms with Crippen molar-refractivity contribution in [3.8, 4) is 0 Å². The predicted octanol–water partition coefficient (Wildman–Crippen LogP) is 3.41. The molecule has 3 amide bonds. The van der Waals surface area contributed by atoms with E-state index in [1.54, 1.807) is 18.2 Å². The van der Waals surface area contributed by atoms with Crippen LogP contribution < -0.4 is 5.32 Å². The van der Waals surface area contributed by atoms with Gasteiger partial charge in [0.1, 0.15) is 0 Å². The maximum absolute atomic E-state index is 12.7. The van der Waals surface area contributed by atoms with Crippen LogP contribution in [0.5, 0.6) is 0 Å². The second-order valence-electron chi connectivity index (χ2n) is 6.97. The number of carbonyl (C=O) groups is 3. The summed E-state index contributed by atoms with van der Waals surface area (Å²) in [4.78, 5) is 38.8. The minimum absolute atomic E-state index is 0.0905. The molecule has 1 saturated heterocycles. The minimum atomic E-state index is -0.334. The van der Waals surface area contributed by atoms with Crippen LogP contribution in [0.4, 0.5) is 5.69 Å². The van der Waals surface area contributed by atoms with Crippen LogP contribution in [0.1, 0.15) is 39.1 Å². The van der Waals surface area contributed by atoms with Crippen LogP contribution in [0.3, 0.4) is 0 Å². The lowest BCUT2D eigenvalue weighted by Crippen LogP contribution is -2.36. The van der Waals surface area contributed by atoms with Crippen molar-refractivity contribution < 1.29 is 19.1 Å². The molecule has 0 aliphatic carbocycles. The van der Waals surface area contributed by atoms with E-state index in [0.717, 1.165) is 22.9 Å². The molecule has 2 aromatic rings. The second-order valence-corrected chi connectivity index (χ2v) is 7.88. The number of fused-ring (bicyclic) bond motifs is 1. The molecular formula is C21H19BrN2O4. The summed E-state index contributed by atoms with van der Waals surface area (Å²) in [7, 11) is 0.